The number of benzene rings is 2. The molecule has 7 heteroatoms. The zero-order valence-electron chi connectivity index (χ0n) is 12.0. The van der Waals surface area contributed by atoms with E-state index in [-0.39, 0.29) is 0 Å². The summed E-state index contributed by atoms with van der Waals surface area (Å²) in [6.07, 6.45) is 0. The first-order chi connectivity index (χ1) is 10.3. The Balaban J connectivity index is 2.45. The maximum absolute atomic E-state index is 12.7. The molecule has 0 aliphatic heterocycles. The molecule has 0 heterocycles. The molecule has 0 aliphatic rings. The van der Waals surface area contributed by atoms with Crippen molar-refractivity contribution in [1.29, 1.82) is 0 Å². The van der Waals surface area contributed by atoms with Gasteiger partial charge in [0.1, 0.15) is 11.4 Å². The van der Waals surface area contributed by atoms with Gasteiger partial charge in [-0.05, 0) is 49.2 Å². The van der Waals surface area contributed by atoms with E-state index in [1.165, 1.54) is 0 Å². The first-order valence-electron chi connectivity index (χ1n) is 6.35. The van der Waals surface area contributed by atoms with Crippen molar-refractivity contribution in [1.82, 2.24) is 0 Å². The van der Waals surface area contributed by atoms with Crippen molar-refractivity contribution >= 4 is 46.3 Å². The average Bonchev–Trinajstić information content (AvgIpc) is 2.46. The monoisotopic (exact) mass is 356 g/mol. The van der Waals surface area contributed by atoms with Crippen molar-refractivity contribution < 1.29 is 9.35 Å². The first-order valence-corrected chi connectivity index (χ1v) is 8.21. The van der Waals surface area contributed by atoms with Gasteiger partial charge in [-0.25, -0.2) is 4.79 Å². The van der Waals surface area contributed by atoms with Crippen molar-refractivity contribution in [3.8, 4) is 0 Å². The molecule has 22 heavy (non-hydrogen) atoms. The van der Waals surface area contributed by atoms with Crippen LogP contribution in [0.5, 0.6) is 0 Å². The van der Waals surface area contributed by atoms with Crippen LogP contribution >= 0.6 is 23.2 Å². The summed E-state index contributed by atoms with van der Waals surface area (Å²) < 4.78 is 13.8. The smallest absolute Gasteiger partial charge is 0.361 e. The minimum atomic E-state index is -1.78. The van der Waals surface area contributed by atoms with E-state index in [1.54, 1.807) is 36.4 Å². The number of carbonyl (C=O) groups excluding carboxylic acids is 1. The number of hydrogen-bond donors (Lipinski definition) is 1. The number of rotatable bonds is 3. The molecule has 2 N–H and O–H groups in total. The molecule has 0 aromatic heterocycles. The largest absolute Gasteiger partial charge is 0.587 e. The third kappa shape index (κ3) is 3.50. The summed E-state index contributed by atoms with van der Waals surface area (Å²) in [5.41, 5.74) is 7.35. The standard InChI is InChI=1S/C15H14Cl2N2O2S/c1-9-7-13(8-10(2)14(9)17)22(21)19(15(18)20)12-5-3-11(16)4-6-12/h3-8H,1-2H3,(H2,18,20). The second kappa shape index (κ2) is 6.79. The fraction of sp³-hybridized carbons (Fsp3) is 0.133. The number of aryl methyl sites for hydroxylation is 2. The van der Waals surface area contributed by atoms with Crippen LogP contribution in [0.3, 0.4) is 0 Å². The van der Waals surface area contributed by atoms with Gasteiger partial charge in [-0.1, -0.05) is 23.2 Å². The number of nitrogens with zero attached hydrogens (tertiary/aromatic N) is 1. The van der Waals surface area contributed by atoms with Crippen LogP contribution in [0.25, 0.3) is 0 Å². The lowest BCUT2D eigenvalue weighted by Gasteiger charge is -2.22. The van der Waals surface area contributed by atoms with E-state index < -0.39 is 17.4 Å². The van der Waals surface area contributed by atoms with Crippen LogP contribution in [0.2, 0.25) is 10.0 Å². The third-order valence-electron chi connectivity index (χ3n) is 3.04. The molecule has 116 valence electrons. The molecule has 1 unspecified atom stereocenters. The lowest BCUT2D eigenvalue weighted by molar-refractivity contribution is 0.257. The predicted octanol–water partition coefficient (Wildman–Crippen LogP) is 4.22. The van der Waals surface area contributed by atoms with Crippen molar-refractivity contribution in [2.45, 2.75) is 18.7 Å². The molecule has 2 aromatic carbocycles. The Kier molecular flexibility index (Phi) is 5.24. The van der Waals surface area contributed by atoms with E-state index in [2.05, 4.69) is 0 Å². The summed E-state index contributed by atoms with van der Waals surface area (Å²) >= 11 is 10.2. The van der Waals surface area contributed by atoms with Crippen LogP contribution in [0, 0.1) is 13.8 Å². The second-order valence-electron chi connectivity index (χ2n) is 4.73. The summed E-state index contributed by atoms with van der Waals surface area (Å²) in [5, 5.41) is 1.12. The second-order valence-corrected chi connectivity index (χ2v) is 6.88. The van der Waals surface area contributed by atoms with Crippen LogP contribution in [0.15, 0.2) is 41.3 Å². The molecular formula is C15H14Cl2N2O2S. The van der Waals surface area contributed by atoms with Crippen molar-refractivity contribution in [3.63, 3.8) is 0 Å². The Hall–Kier alpha value is -1.40. The van der Waals surface area contributed by atoms with Crippen molar-refractivity contribution in [2.24, 2.45) is 5.73 Å². The quantitative estimate of drug-likeness (QED) is 0.836. The Morgan fingerprint density at radius 3 is 2.09 bits per heavy atom. The highest BCUT2D eigenvalue weighted by atomic mass is 35.5. The third-order valence-corrected chi connectivity index (χ3v) is 5.25. The van der Waals surface area contributed by atoms with Crippen LogP contribution in [0.4, 0.5) is 10.5 Å². The van der Waals surface area contributed by atoms with Gasteiger partial charge in [-0.3, -0.25) is 0 Å². The Morgan fingerprint density at radius 2 is 1.64 bits per heavy atom. The van der Waals surface area contributed by atoms with E-state index in [1.807, 2.05) is 13.8 Å². The number of urea groups is 1. The van der Waals surface area contributed by atoms with E-state index in [0.29, 0.717) is 20.6 Å². The fourth-order valence-corrected chi connectivity index (χ4v) is 3.47. The molecule has 0 fully saturated rings. The Morgan fingerprint density at radius 1 is 1.14 bits per heavy atom. The summed E-state index contributed by atoms with van der Waals surface area (Å²) in [4.78, 5) is 12.2. The molecule has 0 bridgehead atoms. The zero-order chi connectivity index (χ0) is 16.4. The van der Waals surface area contributed by atoms with Gasteiger partial charge in [-0.15, -0.1) is 4.31 Å². The van der Waals surface area contributed by atoms with Gasteiger partial charge in [0.2, 0.25) is 0 Å². The predicted molar refractivity (Wildman–Crippen MR) is 90.8 cm³/mol. The summed E-state index contributed by atoms with van der Waals surface area (Å²) in [7, 11) is 0. The molecule has 0 spiro atoms. The van der Waals surface area contributed by atoms with Gasteiger partial charge in [0.05, 0.1) is 5.69 Å². The number of halogens is 2. The van der Waals surface area contributed by atoms with E-state index in [9.17, 15) is 9.35 Å². The van der Waals surface area contributed by atoms with E-state index in [0.717, 1.165) is 15.4 Å². The summed E-state index contributed by atoms with van der Waals surface area (Å²) in [6.45, 7) is 3.62. The number of nitrogens with two attached hydrogens (primary N) is 1. The van der Waals surface area contributed by atoms with Crippen molar-refractivity contribution in [2.75, 3.05) is 4.31 Å². The fourth-order valence-electron chi connectivity index (χ4n) is 1.99. The minimum absolute atomic E-state index is 0.403. The van der Waals surface area contributed by atoms with E-state index in [4.69, 9.17) is 28.9 Å². The molecule has 0 radical (unpaired) electrons. The molecular weight excluding hydrogens is 343 g/mol. The molecule has 4 nitrogen and oxygen atoms in total. The number of hydrogen-bond acceptors (Lipinski definition) is 2. The Bertz CT molecular complexity index is 684. The van der Waals surface area contributed by atoms with Crippen LogP contribution in [0.1, 0.15) is 11.1 Å². The highest BCUT2D eigenvalue weighted by Gasteiger charge is 2.29. The van der Waals surface area contributed by atoms with Crippen LogP contribution < -0.4 is 10.0 Å². The SMILES string of the molecule is Cc1cc([S+]([O-])N(C(N)=O)c2ccc(Cl)cc2)cc(C)c1Cl. The lowest BCUT2D eigenvalue weighted by Crippen LogP contribution is -2.40. The first kappa shape index (κ1) is 17.0. The zero-order valence-corrected chi connectivity index (χ0v) is 14.3. The molecule has 0 aliphatic carbocycles. The molecule has 1 atom stereocenters. The molecule has 2 aromatic rings. The molecule has 0 saturated heterocycles. The van der Waals surface area contributed by atoms with Crippen LogP contribution in [-0.2, 0) is 11.4 Å². The van der Waals surface area contributed by atoms with Gasteiger partial charge in [0.25, 0.3) is 0 Å². The number of carbonyl (C=O) groups is 1. The van der Waals surface area contributed by atoms with Gasteiger partial charge >= 0.3 is 6.03 Å². The lowest BCUT2D eigenvalue weighted by atomic mass is 10.2. The summed E-state index contributed by atoms with van der Waals surface area (Å²) in [5.74, 6) is 0. The van der Waals surface area contributed by atoms with Crippen molar-refractivity contribution in [3.05, 3.63) is 57.6 Å². The van der Waals surface area contributed by atoms with Gasteiger partial charge in [0, 0.05) is 22.2 Å². The van der Waals surface area contributed by atoms with Gasteiger partial charge < -0.3 is 10.3 Å². The number of amides is 2. The van der Waals surface area contributed by atoms with Crippen LogP contribution in [-0.4, -0.2) is 10.6 Å². The molecule has 2 rings (SSSR count). The number of primary amides is 1. The van der Waals surface area contributed by atoms with E-state index >= 15 is 0 Å². The highest BCUT2D eigenvalue weighted by molar-refractivity contribution is 7.93. The highest BCUT2D eigenvalue weighted by Crippen LogP contribution is 2.29. The number of anilines is 1. The normalized spacial score (nSPS) is 12.0. The molecule has 2 amide bonds. The van der Waals surface area contributed by atoms with Gasteiger partial charge in [-0.2, -0.15) is 0 Å². The average molecular weight is 357 g/mol. The minimum Gasteiger partial charge on any atom is -0.587 e. The molecule has 0 saturated carbocycles. The topological polar surface area (TPSA) is 69.4 Å². The van der Waals surface area contributed by atoms with Gasteiger partial charge in [0.15, 0.2) is 4.90 Å². The maximum Gasteiger partial charge on any atom is 0.361 e. The summed E-state index contributed by atoms with van der Waals surface area (Å²) in [6, 6.07) is 8.91. The maximum atomic E-state index is 12.7. The Labute approximate surface area is 142 Å².